The van der Waals surface area contributed by atoms with E-state index in [-0.39, 0.29) is 28.5 Å². The van der Waals surface area contributed by atoms with Crippen LogP contribution in [0, 0.1) is 0 Å². The van der Waals surface area contributed by atoms with Crippen molar-refractivity contribution in [3.63, 3.8) is 0 Å². The van der Waals surface area contributed by atoms with E-state index >= 15 is 0 Å². The van der Waals surface area contributed by atoms with Crippen molar-refractivity contribution in [2.75, 3.05) is 0 Å². The quantitative estimate of drug-likeness (QED) is 0.771. The van der Waals surface area contributed by atoms with E-state index in [1.165, 1.54) is 24.3 Å². The van der Waals surface area contributed by atoms with Crippen LogP contribution in [0.2, 0.25) is 10.0 Å². The molecule has 2 aromatic rings. The minimum absolute atomic E-state index is 0.113. The number of carbonyl (C=O) groups is 2. The zero-order chi connectivity index (χ0) is 17.7. The molecular weight excluding hydrogens is 373 g/mol. The Balaban J connectivity index is 1.95. The van der Waals surface area contributed by atoms with Gasteiger partial charge in [-0.05, 0) is 42.5 Å². The summed E-state index contributed by atoms with van der Waals surface area (Å²) in [7, 11) is -4.01. The third-order valence-electron chi connectivity index (χ3n) is 3.10. The minimum Gasteiger partial charge on any atom is -0.294 e. The smallest absolute Gasteiger partial charge is 0.264 e. The van der Waals surface area contributed by atoms with Crippen LogP contribution in [0.4, 0.5) is 0 Å². The van der Waals surface area contributed by atoms with Crippen molar-refractivity contribution in [3.8, 4) is 0 Å². The predicted molar refractivity (Wildman–Crippen MR) is 91.8 cm³/mol. The van der Waals surface area contributed by atoms with Crippen molar-refractivity contribution in [3.05, 3.63) is 64.1 Å². The second-order valence-corrected chi connectivity index (χ2v) is 7.47. The van der Waals surface area contributed by atoms with Gasteiger partial charge in [0.25, 0.3) is 10.0 Å². The van der Waals surface area contributed by atoms with Gasteiger partial charge in [-0.15, -0.1) is 0 Å². The van der Waals surface area contributed by atoms with Crippen molar-refractivity contribution >= 4 is 44.9 Å². The largest absolute Gasteiger partial charge is 0.294 e. The van der Waals surface area contributed by atoms with Crippen molar-refractivity contribution in [1.82, 2.24) is 4.72 Å². The van der Waals surface area contributed by atoms with Crippen LogP contribution in [0.15, 0.2) is 53.4 Å². The molecule has 24 heavy (non-hydrogen) atoms. The van der Waals surface area contributed by atoms with Gasteiger partial charge in [0.1, 0.15) is 0 Å². The van der Waals surface area contributed by atoms with Gasteiger partial charge in [0.05, 0.1) is 4.90 Å². The third kappa shape index (κ3) is 5.06. The van der Waals surface area contributed by atoms with E-state index in [1.54, 1.807) is 24.3 Å². The van der Waals surface area contributed by atoms with Gasteiger partial charge in [0.15, 0.2) is 5.78 Å². The van der Waals surface area contributed by atoms with Gasteiger partial charge < -0.3 is 0 Å². The Hall–Kier alpha value is -1.89. The number of hydrogen-bond donors (Lipinski definition) is 1. The molecule has 8 heteroatoms. The van der Waals surface area contributed by atoms with Gasteiger partial charge in [-0.1, -0.05) is 29.3 Å². The van der Waals surface area contributed by atoms with Crippen LogP contribution in [0.3, 0.4) is 0 Å². The zero-order valence-corrected chi connectivity index (χ0v) is 14.7. The van der Waals surface area contributed by atoms with Crippen LogP contribution >= 0.6 is 23.2 Å². The molecule has 0 aliphatic carbocycles. The molecule has 0 saturated carbocycles. The van der Waals surface area contributed by atoms with Crippen LogP contribution in [-0.4, -0.2) is 20.1 Å². The number of Topliss-reactive ketones (excluding diaryl/α,β-unsaturated/α-hetero) is 1. The number of benzene rings is 2. The highest BCUT2D eigenvalue weighted by atomic mass is 35.5. The van der Waals surface area contributed by atoms with E-state index in [2.05, 4.69) is 0 Å². The molecule has 1 amide bonds. The summed E-state index contributed by atoms with van der Waals surface area (Å²) in [6.07, 6.45) is -0.361. The van der Waals surface area contributed by atoms with E-state index in [9.17, 15) is 18.0 Å². The lowest BCUT2D eigenvalue weighted by atomic mass is 10.1. The molecule has 2 rings (SSSR count). The maximum Gasteiger partial charge on any atom is 0.264 e. The number of halogens is 2. The van der Waals surface area contributed by atoms with Gasteiger partial charge in [-0.3, -0.25) is 9.59 Å². The number of ketones is 1. The fraction of sp³-hybridized carbons (Fsp3) is 0.125. The molecule has 0 spiro atoms. The van der Waals surface area contributed by atoms with E-state index < -0.39 is 15.9 Å². The highest BCUT2D eigenvalue weighted by Crippen LogP contribution is 2.16. The molecule has 0 aromatic heterocycles. The zero-order valence-electron chi connectivity index (χ0n) is 12.3. The van der Waals surface area contributed by atoms with Gasteiger partial charge >= 0.3 is 0 Å². The molecule has 2 aromatic carbocycles. The third-order valence-corrected chi connectivity index (χ3v) is 4.96. The average molecular weight is 386 g/mol. The molecule has 1 N–H and O–H groups in total. The summed E-state index contributed by atoms with van der Waals surface area (Å²) in [5.74, 6) is -1.04. The summed E-state index contributed by atoms with van der Waals surface area (Å²) >= 11 is 11.5. The number of amides is 1. The van der Waals surface area contributed by atoms with Crippen LogP contribution < -0.4 is 4.72 Å². The Morgan fingerprint density at radius 2 is 1.58 bits per heavy atom. The van der Waals surface area contributed by atoms with Crippen molar-refractivity contribution in [2.45, 2.75) is 17.7 Å². The molecule has 0 atom stereocenters. The normalized spacial score (nSPS) is 11.1. The van der Waals surface area contributed by atoms with Crippen LogP contribution in [0.1, 0.15) is 23.2 Å². The summed E-state index contributed by atoms with van der Waals surface area (Å²) in [6, 6.07) is 11.8. The van der Waals surface area contributed by atoms with Crippen LogP contribution in [0.5, 0.6) is 0 Å². The number of carbonyl (C=O) groups excluding carboxylic acids is 2. The summed E-state index contributed by atoms with van der Waals surface area (Å²) < 4.78 is 26.0. The van der Waals surface area contributed by atoms with Gasteiger partial charge in [0.2, 0.25) is 5.91 Å². The number of nitrogens with one attached hydrogen (secondary N) is 1. The summed E-state index contributed by atoms with van der Waals surface area (Å²) in [6.45, 7) is 0. The monoisotopic (exact) mass is 385 g/mol. The average Bonchev–Trinajstić information content (AvgIpc) is 2.53. The van der Waals surface area contributed by atoms with Crippen molar-refractivity contribution < 1.29 is 18.0 Å². The minimum atomic E-state index is -4.01. The molecule has 0 unspecified atom stereocenters. The molecule has 0 bridgehead atoms. The standard InChI is InChI=1S/C16H13Cl2NO4S/c17-12-6-4-11(5-7-12)15(20)8-9-16(21)19-24(22,23)14-3-1-2-13(18)10-14/h1-7,10H,8-9H2,(H,19,21). The first-order chi connectivity index (χ1) is 11.3. The molecule has 0 saturated heterocycles. The number of hydrogen-bond acceptors (Lipinski definition) is 4. The number of sulfonamides is 1. The first-order valence-electron chi connectivity index (χ1n) is 6.88. The predicted octanol–water partition coefficient (Wildman–Crippen LogP) is 3.46. The maximum absolute atomic E-state index is 12.1. The molecule has 5 nitrogen and oxygen atoms in total. The van der Waals surface area contributed by atoms with Crippen molar-refractivity contribution in [1.29, 1.82) is 0 Å². The van der Waals surface area contributed by atoms with E-state index in [0.29, 0.717) is 10.6 Å². The highest BCUT2D eigenvalue weighted by molar-refractivity contribution is 7.90. The van der Waals surface area contributed by atoms with Gasteiger partial charge in [0, 0.05) is 28.5 Å². The highest BCUT2D eigenvalue weighted by Gasteiger charge is 2.18. The fourth-order valence-electron chi connectivity index (χ4n) is 1.90. The Bertz CT molecular complexity index is 864. The van der Waals surface area contributed by atoms with E-state index in [0.717, 1.165) is 0 Å². The Morgan fingerprint density at radius 3 is 2.21 bits per heavy atom. The molecule has 0 heterocycles. The second-order valence-electron chi connectivity index (χ2n) is 4.92. The SMILES string of the molecule is O=C(CCC(=O)c1ccc(Cl)cc1)NS(=O)(=O)c1cccc(Cl)c1. The Kier molecular flexibility index (Phi) is 5.99. The topological polar surface area (TPSA) is 80.3 Å². The lowest BCUT2D eigenvalue weighted by Crippen LogP contribution is -2.30. The lowest BCUT2D eigenvalue weighted by Gasteiger charge is -2.07. The lowest BCUT2D eigenvalue weighted by molar-refractivity contribution is -0.119. The molecular formula is C16H13Cl2NO4S. The number of rotatable bonds is 6. The first-order valence-corrected chi connectivity index (χ1v) is 9.12. The Labute approximate surface area is 149 Å². The van der Waals surface area contributed by atoms with Crippen molar-refractivity contribution in [2.24, 2.45) is 0 Å². The second kappa shape index (κ2) is 7.79. The fourth-order valence-corrected chi connectivity index (χ4v) is 3.34. The maximum atomic E-state index is 12.1. The van der Waals surface area contributed by atoms with E-state index in [4.69, 9.17) is 23.2 Å². The molecule has 0 radical (unpaired) electrons. The van der Waals surface area contributed by atoms with Crippen LogP contribution in [-0.2, 0) is 14.8 Å². The molecule has 0 fully saturated rings. The summed E-state index contributed by atoms with van der Waals surface area (Å²) in [5.41, 5.74) is 0.407. The molecule has 0 aliphatic rings. The van der Waals surface area contributed by atoms with Gasteiger partial charge in [-0.2, -0.15) is 0 Å². The van der Waals surface area contributed by atoms with Crippen LogP contribution in [0.25, 0.3) is 0 Å². The Morgan fingerprint density at radius 1 is 0.917 bits per heavy atom. The van der Waals surface area contributed by atoms with E-state index in [1.807, 2.05) is 4.72 Å². The first kappa shape index (κ1) is 18.4. The molecule has 0 aliphatic heterocycles. The molecule has 126 valence electrons. The summed E-state index contributed by atoms with van der Waals surface area (Å²) in [4.78, 5) is 23.6. The van der Waals surface area contributed by atoms with Gasteiger partial charge in [-0.25, -0.2) is 13.1 Å². The summed E-state index contributed by atoms with van der Waals surface area (Å²) in [5, 5.41) is 0.736.